The minimum absolute atomic E-state index is 0.829. The second-order valence-electron chi connectivity index (χ2n) is 5.08. The van der Waals surface area contributed by atoms with Crippen molar-refractivity contribution in [2.45, 2.75) is 19.3 Å². The van der Waals surface area contributed by atoms with Crippen LogP contribution >= 0.6 is 0 Å². The summed E-state index contributed by atoms with van der Waals surface area (Å²) in [6, 6.07) is 10.8. The minimum atomic E-state index is 0.829. The molecule has 2 aromatic rings. The molecule has 0 spiro atoms. The van der Waals surface area contributed by atoms with Gasteiger partial charge in [-0.2, -0.15) is 5.10 Å². The molecule has 3 heteroatoms. The fraction of sp³-hybridized carbons (Fsp3) is 0.400. The summed E-state index contributed by atoms with van der Waals surface area (Å²) >= 11 is 0. The number of H-pyrrole nitrogens is 1. The molecule has 0 atom stereocenters. The minimum Gasteiger partial charge on any atom is -0.369 e. The molecule has 1 aliphatic heterocycles. The maximum atomic E-state index is 4.02. The molecule has 0 bridgehead atoms. The largest absolute Gasteiger partial charge is 0.369 e. The van der Waals surface area contributed by atoms with Crippen LogP contribution in [-0.2, 0) is 6.42 Å². The molecule has 0 radical (unpaired) electrons. The maximum Gasteiger partial charge on any atom is 0.0749 e. The van der Waals surface area contributed by atoms with E-state index >= 15 is 0 Å². The molecule has 0 amide bonds. The first-order valence-corrected chi connectivity index (χ1v) is 6.69. The first-order chi connectivity index (χ1) is 8.92. The fourth-order valence-corrected chi connectivity index (χ4v) is 2.76. The Hall–Kier alpha value is -1.77. The number of nitrogens with zero attached hydrogens (tertiary/aromatic N) is 2. The molecule has 0 saturated carbocycles. The van der Waals surface area contributed by atoms with Crippen molar-refractivity contribution in [2.75, 3.05) is 18.0 Å². The third-order valence-electron chi connectivity index (χ3n) is 3.83. The van der Waals surface area contributed by atoms with Crippen LogP contribution in [0, 0.1) is 5.92 Å². The van der Waals surface area contributed by atoms with Crippen LogP contribution in [-0.4, -0.2) is 23.3 Å². The number of piperidine rings is 1. The first kappa shape index (κ1) is 11.3. The number of rotatable bonds is 3. The van der Waals surface area contributed by atoms with E-state index in [0.29, 0.717) is 0 Å². The number of nitrogens with one attached hydrogen (secondary N) is 1. The van der Waals surface area contributed by atoms with Gasteiger partial charge >= 0.3 is 0 Å². The molecule has 1 N–H and O–H groups in total. The molecule has 0 unspecified atom stereocenters. The highest BCUT2D eigenvalue weighted by atomic mass is 15.2. The summed E-state index contributed by atoms with van der Waals surface area (Å²) in [4.78, 5) is 2.42. The summed E-state index contributed by atoms with van der Waals surface area (Å²) in [6.07, 6.45) is 7.68. The lowest BCUT2D eigenvalue weighted by Gasteiger charge is -2.32. The van der Waals surface area contributed by atoms with Gasteiger partial charge in [0.15, 0.2) is 0 Å². The van der Waals surface area contributed by atoms with Gasteiger partial charge in [0.25, 0.3) is 0 Å². The Morgan fingerprint density at radius 3 is 2.61 bits per heavy atom. The number of aromatic nitrogens is 2. The Bertz CT molecular complexity index is 456. The summed E-state index contributed by atoms with van der Waals surface area (Å²) in [5.74, 6) is 0.829. The standard InChI is InChI=1S/C15H19N3/c1-2-4-13(5-3-1)10-14-6-8-18(9-7-14)15-11-16-17-12-15/h1-5,11-12,14H,6-10H2,(H,16,17). The third kappa shape index (κ3) is 2.55. The van der Waals surface area contributed by atoms with Crippen molar-refractivity contribution in [1.82, 2.24) is 10.2 Å². The van der Waals surface area contributed by atoms with Crippen molar-refractivity contribution < 1.29 is 0 Å². The first-order valence-electron chi connectivity index (χ1n) is 6.69. The van der Waals surface area contributed by atoms with E-state index in [0.717, 1.165) is 19.0 Å². The van der Waals surface area contributed by atoms with Crippen LogP contribution in [0.15, 0.2) is 42.7 Å². The van der Waals surface area contributed by atoms with E-state index in [9.17, 15) is 0 Å². The van der Waals surface area contributed by atoms with Gasteiger partial charge in [-0.05, 0) is 30.7 Å². The average Bonchev–Trinajstić information content (AvgIpc) is 2.95. The van der Waals surface area contributed by atoms with Gasteiger partial charge in [0.1, 0.15) is 0 Å². The van der Waals surface area contributed by atoms with Gasteiger partial charge in [0.05, 0.1) is 11.9 Å². The topological polar surface area (TPSA) is 31.9 Å². The van der Waals surface area contributed by atoms with Crippen LogP contribution in [0.25, 0.3) is 0 Å². The van der Waals surface area contributed by atoms with Crippen LogP contribution in [0.2, 0.25) is 0 Å². The van der Waals surface area contributed by atoms with Crippen LogP contribution in [0.4, 0.5) is 5.69 Å². The number of hydrogen-bond donors (Lipinski definition) is 1. The SMILES string of the molecule is c1ccc(CC2CCN(c3cn[nH]c3)CC2)cc1. The second kappa shape index (κ2) is 5.25. The second-order valence-corrected chi connectivity index (χ2v) is 5.08. The Kier molecular flexibility index (Phi) is 3.31. The highest BCUT2D eigenvalue weighted by Gasteiger charge is 2.19. The lowest BCUT2D eigenvalue weighted by atomic mass is 9.90. The van der Waals surface area contributed by atoms with Crippen molar-refractivity contribution in [2.24, 2.45) is 5.92 Å². The molecule has 3 nitrogen and oxygen atoms in total. The maximum absolute atomic E-state index is 4.02. The quantitative estimate of drug-likeness (QED) is 0.896. The molecule has 1 aliphatic rings. The van der Waals surface area contributed by atoms with Gasteiger partial charge in [-0.1, -0.05) is 30.3 Å². The van der Waals surface area contributed by atoms with E-state index in [1.807, 2.05) is 12.4 Å². The molecule has 1 aromatic carbocycles. The molecular formula is C15H19N3. The molecule has 18 heavy (non-hydrogen) atoms. The van der Waals surface area contributed by atoms with Crippen molar-refractivity contribution in [3.05, 3.63) is 48.3 Å². The van der Waals surface area contributed by atoms with E-state index < -0.39 is 0 Å². The van der Waals surface area contributed by atoms with Gasteiger partial charge < -0.3 is 4.90 Å². The molecule has 0 aliphatic carbocycles. The Morgan fingerprint density at radius 2 is 1.94 bits per heavy atom. The van der Waals surface area contributed by atoms with Crippen LogP contribution in [0.3, 0.4) is 0 Å². The summed E-state index contributed by atoms with van der Waals surface area (Å²) in [5, 5.41) is 6.90. The molecule has 1 fully saturated rings. The zero-order valence-corrected chi connectivity index (χ0v) is 10.5. The van der Waals surface area contributed by atoms with Crippen molar-refractivity contribution in [3.63, 3.8) is 0 Å². The monoisotopic (exact) mass is 241 g/mol. The van der Waals surface area contributed by atoms with Gasteiger partial charge in [-0.3, -0.25) is 5.10 Å². The highest BCUT2D eigenvalue weighted by Crippen LogP contribution is 2.24. The van der Waals surface area contributed by atoms with Crippen LogP contribution < -0.4 is 4.90 Å². The van der Waals surface area contributed by atoms with Crippen molar-refractivity contribution in [1.29, 1.82) is 0 Å². The number of hydrogen-bond acceptors (Lipinski definition) is 2. The molecule has 94 valence electrons. The average molecular weight is 241 g/mol. The third-order valence-corrected chi connectivity index (χ3v) is 3.83. The lowest BCUT2D eigenvalue weighted by Crippen LogP contribution is -2.34. The zero-order valence-electron chi connectivity index (χ0n) is 10.5. The van der Waals surface area contributed by atoms with E-state index in [2.05, 4.69) is 45.4 Å². The Morgan fingerprint density at radius 1 is 1.17 bits per heavy atom. The lowest BCUT2D eigenvalue weighted by molar-refractivity contribution is 0.404. The van der Waals surface area contributed by atoms with E-state index in [1.165, 1.54) is 30.5 Å². The van der Waals surface area contributed by atoms with Gasteiger partial charge in [0, 0.05) is 19.3 Å². The molecule has 3 rings (SSSR count). The zero-order chi connectivity index (χ0) is 12.2. The smallest absolute Gasteiger partial charge is 0.0749 e. The van der Waals surface area contributed by atoms with Crippen LogP contribution in [0.1, 0.15) is 18.4 Å². The fourth-order valence-electron chi connectivity index (χ4n) is 2.76. The van der Waals surface area contributed by atoms with E-state index in [-0.39, 0.29) is 0 Å². The molecule has 1 saturated heterocycles. The summed E-state index contributed by atoms with van der Waals surface area (Å²) in [6.45, 7) is 2.30. The summed E-state index contributed by atoms with van der Waals surface area (Å²) < 4.78 is 0. The Labute approximate surface area is 108 Å². The molecule has 1 aromatic heterocycles. The number of aromatic amines is 1. The number of anilines is 1. The Balaban J connectivity index is 1.54. The predicted molar refractivity (Wildman–Crippen MR) is 73.7 cm³/mol. The summed E-state index contributed by atoms with van der Waals surface area (Å²) in [7, 11) is 0. The van der Waals surface area contributed by atoms with Crippen LogP contribution in [0.5, 0.6) is 0 Å². The van der Waals surface area contributed by atoms with Crippen molar-refractivity contribution in [3.8, 4) is 0 Å². The molecular weight excluding hydrogens is 222 g/mol. The predicted octanol–water partition coefficient (Wildman–Crippen LogP) is 2.87. The van der Waals surface area contributed by atoms with Gasteiger partial charge in [-0.15, -0.1) is 0 Å². The van der Waals surface area contributed by atoms with Gasteiger partial charge in [0.2, 0.25) is 0 Å². The van der Waals surface area contributed by atoms with Gasteiger partial charge in [-0.25, -0.2) is 0 Å². The number of benzene rings is 1. The normalized spacial score (nSPS) is 17.0. The van der Waals surface area contributed by atoms with E-state index in [1.54, 1.807) is 0 Å². The summed E-state index contributed by atoms with van der Waals surface area (Å²) in [5.41, 5.74) is 2.70. The highest BCUT2D eigenvalue weighted by molar-refractivity contribution is 5.42. The molecule has 2 heterocycles. The van der Waals surface area contributed by atoms with Crippen molar-refractivity contribution >= 4 is 5.69 Å². The van der Waals surface area contributed by atoms with E-state index in [4.69, 9.17) is 0 Å².